The zero-order valence-corrected chi connectivity index (χ0v) is 25.1. The van der Waals surface area contributed by atoms with E-state index in [0.717, 1.165) is 48.8 Å². The van der Waals surface area contributed by atoms with Gasteiger partial charge in [-0.15, -0.1) is 0 Å². The van der Waals surface area contributed by atoms with Gasteiger partial charge in [-0.2, -0.15) is 0 Å². The molecule has 1 aliphatic heterocycles. The van der Waals surface area contributed by atoms with Crippen LogP contribution < -0.4 is 14.8 Å². The van der Waals surface area contributed by atoms with E-state index in [0.29, 0.717) is 13.2 Å². The quantitative estimate of drug-likeness (QED) is 0.252. The van der Waals surface area contributed by atoms with Gasteiger partial charge < -0.3 is 29.0 Å². The second kappa shape index (κ2) is 11.8. The fourth-order valence-electron chi connectivity index (χ4n) is 8.80. The Labute approximate surface area is 250 Å². The highest BCUT2D eigenvalue weighted by Crippen LogP contribution is 2.62. The average molecular weight is 572 g/mol. The predicted molar refractivity (Wildman–Crippen MR) is 164 cm³/mol. The van der Waals surface area contributed by atoms with Crippen molar-refractivity contribution in [1.29, 1.82) is 0 Å². The van der Waals surface area contributed by atoms with Gasteiger partial charge in [0.1, 0.15) is 17.1 Å². The van der Waals surface area contributed by atoms with Crippen LogP contribution >= 0.6 is 0 Å². The Morgan fingerprint density at radius 1 is 0.905 bits per heavy atom. The highest BCUT2D eigenvalue weighted by molar-refractivity contribution is 5.86. The number of hydrogen-bond acceptors (Lipinski definition) is 6. The topological polar surface area (TPSA) is 58.2 Å². The first-order valence-corrected chi connectivity index (χ1v) is 15.9. The molecule has 0 amide bonds. The maximum Gasteiger partial charge on any atom is 0.191 e. The van der Waals surface area contributed by atoms with Crippen LogP contribution in [0.5, 0.6) is 11.5 Å². The molecule has 4 bridgehead atoms. The predicted octanol–water partition coefficient (Wildman–Crippen LogP) is 6.94. The molecule has 1 N–H and O–H groups in total. The SMILES string of the molecule is COC(C)OCOc1cc2ccc(C3(CCOc4ccccc4)CNCCO3)cc2cc1C12CC3CC(CC(C3)C1)C2. The molecule has 42 heavy (non-hydrogen) atoms. The number of fused-ring (bicyclic) bond motifs is 1. The van der Waals surface area contributed by atoms with E-state index in [1.165, 1.54) is 60.4 Å². The first-order valence-electron chi connectivity index (χ1n) is 15.9. The summed E-state index contributed by atoms with van der Waals surface area (Å²) >= 11 is 0. The van der Waals surface area contributed by atoms with E-state index in [1.54, 1.807) is 7.11 Å². The Balaban J connectivity index is 1.22. The molecule has 8 rings (SSSR count). The molecule has 6 heteroatoms. The van der Waals surface area contributed by atoms with Gasteiger partial charge in [0.15, 0.2) is 13.1 Å². The smallest absolute Gasteiger partial charge is 0.191 e. The summed E-state index contributed by atoms with van der Waals surface area (Å²) in [6.45, 7) is 5.00. The van der Waals surface area contributed by atoms with Crippen LogP contribution in [0.3, 0.4) is 0 Å². The van der Waals surface area contributed by atoms with Gasteiger partial charge in [0.25, 0.3) is 0 Å². The summed E-state index contributed by atoms with van der Waals surface area (Å²) in [5, 5.41) is 6.03. The Hall–Kier alpha value is -2.64. The van der Waals surface area contributed by atoms with E-state index in [-0.39, 0.29) is 18.5 Å². The molecule has 4 aliphatic carbocycles. The van der Waals surface area contributed by atoms with Gasteiger partial charge in [-0.3, -0.25) is 0 Å². The van der Waals surface area contributed by atoms with Crippen molar-refractivity contribution in [2.75, 3.05) is 40.2 Å². The van der Waals surface area contributed by atoms with Gasteiger partial charge in [-0.05, 0) is 115 Å². The van der Waals surface area contributed by atoms with Gasteiger partial charge in [-0.25, -0.2) is 0 Å². The van der Waals surface area contributed by atoms with Gasteiger partial charge in [-0.1, -0.05) is 30.3 Å². The number of morpholine rings is 1. The van der Waals surface area contributed by atoms with Crippen LogP contribution in [0.2, 0.25) is 0 Å². The average Bonchev–Trinajstić information content (AvgIpc) is 3.00. The lowest BCUT2D eigenvalue weighted by Crippen LogP contribution is -2.48. The molecule has 2 atom stereocenters. The number of methoxy groups -OCH3 is 1. The van der Waals surface area contributed by atoms with Crippen molar-refractivity contribution in [2.45, 2.75) is 69.2 Å². The maximum absolute atomic E-state index is 6.58. The van der Waals surface area contributed by atoms with Crippen LogP contribution in [0, 0.1) is 17.8 Å². The zero-order chi connectivity index (χ0) is 28.6. The fraction of sp³-hybridized carbons (Fsp3) is 0.556. The van der Waals surface area contributed by atoms with Crippen molar-refractivity contribution < 1.29 is 23.7 Å². The van der Waals surface area contributed by atoms with Crippen LogP contribution in [0.1, 0.15) is 63.0 Å². The normalized spacial score (nSPS) is 30.9. The Morgan fingerprint density at radius 3 is 2.36 bits per heavy atom. The molecule has 0 aromatic heterocycles. The maximum atomic E-state index is 6.58. The summed E-state index contributed by atoms with van der Waals surface area (Å²) in [6.07, 6.45) is 8.57. The molecular formula is C36H45NO5. The number of ether oxygens (including phenoxy) is 5. The van der Waals surface area contributed by atoms with Gasteiger partial charge in [0, 0.05) is 32.2 Å². The molecule has 224 valence electrons. The number of rotatable bonds is 11. The lowest BCUT2D eigenvalue weighted by atomic mass is 9.48. The third-order valence-electron chi connectivity index (χ3n) is 10.5. The molecule has 1 saturated heterocycles. The van der Waals surface area contributed by atoms with E-state index in [1.807, 2.05) is 37.3 Å². The number of para-hydroxylation sites is 1. The van der Waals surface area contributed by atoms with Crippen LogP contribution in [0.15, 0.2) is 60.7 Å². The van der Waals surface area contributed by atoms with Crippen LogP contribution in [0.4, 0.5) is 0 Å². The Morgan fingerprint density at radius 2 is 1.67 bits per heavy atom. The lowest BCUT2D eigenvalue weighted by molar-refractivity contribution is -0.150. The van der Waals surface area contributed by atoms with Crippen LogP contribution in [-0.4, -0.2) is 46.5 Å². The molecule has 5 fully saturated rings. The van der Waals surface area contributed by atoms with E-state index in [2.05, 4.69) is 35.6 Å². The summed E-state index contributed by atoms with van der Waals surface area (Å²) in [5.41, 5.74) is 2.36. The van der Waals surface area contributed by atoms with Crippen molar-refractivity contribution in [1.82, 2.24) is 5.32 Å². The second-order valence-corrected chi connectivity index (χ2v) is 13.3. The lowest BCUT2D eigenvalue weighted by Gasteiger charge is -2.57. The molecular weight excluding hydrogens is 526 g/mol. The molecule has 1 heterocycles. The van der Waals surface area contributed by atoms with E-state index in [4.69, 9.17) is 23.7 Å². The van der Waals surface area contributed by atoms with E-state index in [9.17, 15) is 0 Å². The van der Waals surface area contributed by atoms with Gasteiger partial charge >= 0.3 is 0 Å². The van der Waals surface area contributed by atoms with Crippen molar-refractivity contribution in [3.05, 3.63) is 71.8 Å². The molecule has 0 spiro atoms. The van der Waals surface area contributed by atoms with Gasteiger partial charge in [0.05, 0.1) is 13.2 Å². The molecule has 0 radical (unpaired) electrons. The van der Waals surface area contributed by atoms with E-state index >= 15 is 0 Å². The highest BCUT2D eigenvalue weighted by Gasteiger charge is 2.52. The number of nitrogens with one attached hydrogen (secondary N) is 1. The molecule has 2 unspecified atom stereocenters. The molecule has 3 aromatic rings. The first kappa shape index (κ1) is 28.1. The Bertz CT molecular complexity index is 1330. The largest absolute Gasteiger partial charge is 0.493 e. The number of hydrogen-bond donors (Lipinski definition) is 1. The van der Waals surface area contributed by atoms with Gasteiger partial charge in [0.2, 0.25) is 0 Å². The third-order valence-corrected chi connectivity index (χ3v) is 10.5. The Kier molecular flexibility index (Phi) is 7.91. The molecule has 5 aliphatic rings. The summed E-state index contributed by atoms with van der Waals surface area (Å²) in [5.74, 6) is 4.43. The summed E-state index contributed by atoms with van der Waals surface area (Å²) in [6, 6.07) is 21.6. The summed E-state index contributed by atoms with van der Waals surface area (Å²) in [4.78, 5) is 0. The first-order chi connectivity index (χ1) is 20.5. The van der Waals surface area contributed by atoms with Crippen molar-refractivity contribution in [2.24, 2.45) is 17.8 Å². The minimum atomic E-state index is -0.429. The zero-order valence-electron chi connectivity index (χ0n) is 25.1. The van der Waals surface area contributed by atoms with Crippen LogP contribution in [-0.2, 0) is 25.2 Å². The second-order valence-electron chi connectivity index (χ2n) is 13.3. The van der Waals surface area contributed by atoms with Crippen molar-refractivity contribution in [3.8, 4) is 11.5 Å². The van der Waals surface area contributed by atoms with Crippen LogP contribution in [0.25, 0.3) is 10.8 Å². The minimum absolute atomic E-state index is 0.183. The highest BCUT2D eigenvalue weighted by atomic mass is 16.7. The monoisotopic (exact) mass is 571 g/mol. The van der Waals surface area contributed by atoms with Crippen molar-refractivity contribution in [3.63, 3.8) is 0 Å². The van der Waals surface area contributed by atoms with Crippen molar-refractivity contribution >= 4 is 10.8 Å². The van der Waals surface area contributed by atoms with E-state index < -0.39 is 5.60 Å². The molecule has 6 nitrogen and oxygen atoms in total. The third kappa shape index (κ3) is 5.55. The fourth-order valence-corrected chi connectivity index (χ4v) is 8.80. The molecule has 3 aromatic carbocycles. The number of benzene rings is 3. The summed E-state index contributed by atoms with van der Waals surface area (Å²) < 4.78 is 30.2. The summed E-state index contributed by atoms with van der Waals surface area (Å²) in [7, 11) is 1.66. The standard InChI is InChI=1S/C36H45NO5/c1-25(38-2)40-24-41-34-19-29-8-9-31(36(23-37-11-13-42-36)10-12-39-32-6-4-3-5-7-32)17-30(29)18-33(34)35-20-26-14-27(21-35)16-28(15-26)22-35/h3-9,17-19,25-28,37H,10-16,20-24H2,1-2H3. The molecule has 4 saturated carbocycles. The minimum Gasteiger partial charge on any atom is -0.493 e.